The van der Waals surface area contributed by atoms with Gasteiger partial charge in [-0.25, -0.2) is 9.67 Å². The van der Waals surface area contributed by atoms with E-state index in [1.807, 2.05) is 37.6 Å². The molecular weight excluding hydrogens is 314 g/mol. The zero-order chi connectivity index (χ0) is 17.5. The predicted octanol–water partition coefficient (Wildman–Crippen LogP) is 1.42. The molecular formula is C18H27N7. The molecule has 7 heteroatoms. The fourth-order valence-corrected chi connectivity index (χ4v) is 3.26. The highest BCUT2D eigenvalue weighted by Crippen LogP contribution is 2.15. The molecule has 1 atom stereocenters. The number of likely N-dealkylation sites (tertiary alicyclic amines) is 1. The van der Waals surface area contributed by atoms with Gasteiger partial charge in [0.05, 0.1) is 0 Å². The number of pyridine rings is 1. The highest BCUT2D eigenvalue weighted by Gasteiger charge is 2.22. The van der Waals surface area contributed by atoms with Crippen LogP contribution < -0.4 is 10.6 Å². The summed E-state index contributed by atoms with van der Waals surface area (Å²) in [6.07, 6.45) is 8.00. The summed E-state index contributed by atoms with van der Waals surface area (Å²) >= 11 is 0. The van der Waals surface area contributed by atoms with Crippen LogP contribution in [0.25, 0.3) is 5.82 Å². The topological polar surface area (TPSA) is 70.4 Å². The van der Waals surface area contributed by atoms with Crippen LogP contribution in [-0.2, 0) is 6.54 Å². The minimum absolute atomic E-state index is 0.607. The molecule has 3 heterocycles. The molecule has 7 nitrogen and oxygen atoms in total. The van der Waals surface area contributed by atoms with Crippen LogP contribution in [0.15, 0.2) is 41.8 Å². The Kier molecular flexibility index (Phi) is 6.00. The molecule has 1 saturated heterocycles. The number of nitrogens with one attached hydrogen (secondary N) is 2. The molecule has 2 N–H and O–H groups in total. The first-order valence-electron chi connectivity index (χ1n) is 8.93. The summed E-state index contributed by atoms with van der Waals surface area (Å²) in [5.41, 5.74) is 1.14. The number of aromatic nitrogens is 3. The summed E-state index contributed by atoms with van der Waals surface area (Å²) < 4.78 is 1.76. The quantitative estimate of drug-likeness (QED) is 0.614. The fourth-order valence-electron chi connectivity index (χ4n) is 3.26. The van der Waals surface area contributed by atoms with Gasteiger partial charge in [0.25, 0.3) is 0 Å². The average molecular weight is 341 g/mol. The summed E-state index contributed by atoms with van der Waals surface area (Å²) in [4.78, 5) is 11.2. The standard InChI is InChI=1S/C18H27N7/c1-3-24-10-4-6-16(24)14-22-18(19-2)21-13-15-7-9-20-17(12-15)25-11-5-8-23-25/h5,7-9,11-12,16H,3-4,6,10,13-14H2,1-2H3,(H2,19,21,22). The maximum atomic E-state index is 4.36. The van der Waals surface area contributed by atoms with E-state index in [-0.39, 0.29) is 0 Å². The summed E-state index contributed by atoms with van der Waals surface area (Å²) in [7, 11) is 1.81. The lowest BCUT2D eigenvalue weighted by Gasteiger charge is -2.24. The van der Waals surface area contributed by atoms with Gasteiger partial charge >= 0.3 is 0 Å². The van der Waals surface area contributed by atoms with Crippen molar-refractivity contribution in [3.63, 3.8) is 0 Å². The van der Waals surface area contributed by atoms with Crippen LogP contribution >= 0.6 is 0 Å². The highest BCUT2D eigenvalue weighted by atomic mass is 15.3. The van der Waals surface area contributed by atoms with E-state index in [4.69, 9.17) is 0 Å². The Balaban J connectivity index is 1.52. The lowest BCUT2D eigenvalue weighted by Crippen LogP contribution is -2.44. The molecule has 1 aliphatic heterocycles. The summed E-state index contributed by atoms with van der Waals surface area (Å²) in [5.74, 6) is 1.65. The zero-order valence-corrected chi connectivity index (χ0v) is 15.0. The van der Waals surface area contributed by atoms with Crippen molar-refractivity contribution in [3.05, 3.63) is 42.4 Å². The van der Waals surface area contributed by atoms with Gasteiger partial charge in [-0.15, -0.1) is 0 Å². The molecule has 0 saturated carbocycles. The van der Waals surface area contributed by atoms with Gasteiger partial charge in [-0.2, -0.15) is 5.10 Å². The van der Waals surface area contributed by atoms with E-state index in [2.05, 4.69) is 37.5 Å². The number of rotatable bonds is 6. The van der Waals surface area contributed by atoms with Crippen molar-refractivity contribution in [2.24, 2.45) is 4.99 Å². The van der Waals surface area contributed by atoms with E-state index >= 15 is 0 Å². The third-order valence-electron chi connectivity index (χ3n) is 4.64. The molecule has 0 bridgehead atoms. The zero-order valence-electron chi connectivity index (χ0n) is 15.0. The maximum absolute atomic E-state index is 4.36. The Morgan fingerprint density at radius 2 is 2.28 bits per heavy atom. The van der Waals surface area contributed by atoms with Gasteiger partial charge in [-0.3, -0.25) is 9.89 Å². The molecule has 0 amide bonds. The molecule has 1 aliphatic rings. The first kappa shape index (κ1) is 17.4. The third-order valence-corrected chi connectivity index (χ3v) is 4.64. The lowest BCUT2D eigenvalue weighted by atomic mass is 10.2. The Morgan fingerprint density at radius 1 is 1.36 bits per heavy atom. The third kappa shape index (κ3) is 4.57. The molecule has 1 fully saturated rings. The van der Waals surface area contributed by atoms with E-state index in [1.54, 1.807) is 10.9 Å². The minimum Gasteiger partial charge on any atom is -0.355 e. The first-order chi connectivity index (χ1) is 12.3. The van der Waals surface area contributed by atoms with Crippen LogP contribution in [0.4, 0.5) is 0 Å². The smallest absolute Gasteiger partial charge is 0.191 e. The molecule has 0 aromatic carbocycles. The van der Waals surface area contributed by atoms with E-state index in [9.17, 15) is 0 Å². The predicted molar refractivity (Wildman–Crippen MR) is 99.8 cm³/mol. The molecule has 0 spiro atoms. The van der Waals surface area contributed by atoms with Gasteiger partial charge in [-0.1, -0.05) is 6.92 Å². The maximum Gasteiger partial charge on any atom is 0.191 e. The minimum atomic E-state index is 0.607. The second-order valence-electron chi connectivity index (χ2n) is 6.20. The van der Waals surface area contributed by atoms with Gasteiger partial charge in [-0.05, 0) is 49.7 Å². The first-order valence-corrected chi connectivity index (χ1v) is 8.93. The van der Waals surface area contributed by atoms with Crippen LogP contribution in [0, 0.1) is 0 Å². The van der Waals surface area contributed by atoms with Gasteiger partial charge in [0, 0.05) is 44.8 Å². The summed E-state index contributed by atoms with van der Waals surface area (Å²) in [6.45, 7) is 6.18. The SMILES string of the molecule is CCN1CCCC1CNC(=NC)NCc1ccnc(-n2cccn2)c1. The number of likely N-dealkylation sites (N-methyl/N-ethyl adjacent to an activating group) is 1. The van der Waals surface area contributed by atoms with Crippen LogP contribution in [-0.4, -0.2) is 58.3 Å². The van der Waals surface area contributed by atoms with Gasteiger partial charge < -0.3 is 10.6 Å². The van der Waals surface area contributed by atoms with Crippen molar-refractivity contribution in [1.29, 1.82) is 0 Å². The lowest BCUT2D eigenvalue weighted by molar-refractivity contribution is 0.267. The van der Waals surface area contributed by atoms with E-state index < -0.39 is 0 Å². The van der Waals surface area contributed by atoms with Crippen LogP contribution in [0.2, 0.25) is 0 Å². The average Bonchev–Trinajstić information content (AvgIpc) is 3.33. The normalized spacial score (nSPS) is 18.5. The van der Waals surface area contributed by atoms with Gasteiger partial charge in [0.2, 0.25) is 0 Å². The molecule has 2 aromatic heterocycles. The Bertz CT molecular complexity index is 680. The van der Waals surface area contributed by atoms with Crippen LogP contribution in [0.5, 0.6) is 0 Å². The van der Waals surface area contributed by atoms with E-state index in [1.165, 1.54) is 19.4 Å². The number of guanidine groups is 1. The second kappa shape index (κ2) is 8.62. The van der Waals surface area contributed by atoms with Crippen LogP contribution in [0.1, 0.15) is 25.3 Å². The Labute approximate surface area is 149 Å². The molecule has 134 valence electrons. The largest absolute Gasteiger partial charge is 0.355 e. The van der Waals surface area contributed by atoms with E-state index in [0.29, 0.717) is 12.6 Å². The molecule has 2 aromatic rings. The molecule has 3 rings (SSSR count). The summed E-state index contributed by atoms with van der Waals surface area (Å²) in [6, 6.07) is 6.53. The van der Waals surface area contributed by atoms with Gasteiger partial charge in [0.15, 0.2) is 11.8 Å². The number of hydrogen-bond acceptors (Lipinski definition) is 4. The van der Waals surface area contributed by atoms with Gasteiger partial charge in [0.1, 0.15) is 0 Å². The highest BCUT2D eigenvalue weighted by molar-refractivity contribution is 5.79. The molecule has 0 radical (unpaired) electrons. The van der Waals surface area contributed by atoms with E-state index in [0.717, 1.165) is 30.4 Å². The van der Waals surface area contributed by atoms with Crippen molar-refractivity contribution in [3.8, 4) is 5.82 Å². The summed E-state index contributed by atoms with van der Waals surface area (Å²) in [5, 5.41) is 11.1. The number of hydrogen-bond donors (Lipinski definition) is 2. The Hall–Kier alpha value is -2.41. The molecule has 0 aliphatic carbocycles. The Morgan fingerprint density at radius 3 is 3.04 bits per heavy atom. The van der Waals surface area contributed by atoms with Crippen molar-refractivity contribution in [1.82, 2.24) is 30.3 Å². The van der Waals surface area contributed by atoms with Crippen molar-refractivity contribution < 1.29 is 0 Å². The molecule has 1 unspecified atom stereocenters. The monoisotopic (exact) mass is 341 g/mol. The van der Waals surface area contributed by atoms with Crippen molar-refractivity contribution >= 4 is 5.96 Å². The fraction of sp³-hybridized carbons (Fsp3) is 0.500. The van der Waals surface area contributed by atoms with Crippen LogP contribution in [0.3, 0.4) is 0 Å². The van der Waals surface area contributed by atoms with Crippen molar-refractivity contribution in [2.45, 2.75) is 32.4 Å². The second-order valence-corrected chi connectivity index (χ2v) is 6.20. The van der Waals surface area contributed by atoms with Crippen molar-refractivity contribution in [2.75, 3.05) is 26.7 Å². The number of aliphatic imine (C=N–C) groups is 1. The number of nitrogens with zero attached hydrogens (tertiary/aromatic N) is 5. The molecule has 25 heavy (non-hydrogen) atoms.